The summed E-state index contributed by atoms with van der Waals surface area (Å²) in [5.74, 6) is -0.379. The highest BCUT2D eigenvalue weighted by Gasteiger charge is 2.31. The smallest absolute Gasteiger partial charge is 0.406 e. The molecule has 2 N–H and O–H groups in total. The van der Waals surface area contributed by atoms with Crippen molar-refractivity contribution >= 4 is 17.3 Å². The predicted molar refractivity (Wildman–Crippen MR) is 77.3 cm³/mol. The van der Waals surface area contributed by atoms with E-state index in [1.807, 2.05) is 0 Å². The van der Waals surface area contributed by atoms with Crippen LogP contribution in [-0.2, 0) is 0 Å². The third-order valence-corrected chi connectivity index (χ3v) is 3.32. The van der Waals surface area contributed by atoms with Crippen LogP contribution in [-0.4, -0.2) is 11.3 Å². The van der Waals surface area contributed by atoms with Gasteiger partial charge in [0, 0.05) is 6.07 Å². The fourth-order valence-electron chi connectivity index (χ4n) is 1.93. The van der Waals surface area contributed by atoms with Crippen molar-refractivity contribution in [1.82, 2.24) is 0 Å². The lowest BCUT2D eigenvalue weighted by Gasteiger charge is -2.14. The highest BCUT2D eigenvalue weighted by Crippen LogP contribution is 2.30. The lowest BCUT2D eigenvalue weighted by atomic mass is 9.99. The number of rotatable bonds is 4. The number of ether oxygens (including phenoxy) is 1. The van der Waals surface area contributed by atoms with Crippen LogP contribution in [0, 0.1) is 10.1 Å². The second-order valence-corrected chi connectivity index (χ2v) is 4.97. The molecule has 0 aliphatic carbocycles. The van der Waals surface area contributed by atoms with Gasteiger partial charge in [-0.2, -0.15) is 0 Å². The lowest BCUT2D eigenvalue weighted by molar-refractivity contribution is -0.384. The zero-order valence-electron chi connectivity index (χ0n) is 11.4. The van der Waals surface area contributed by atoms with Crippen LogP contribution in [0.5, 0.6) is 5.75 Å². The van der Waals surface area contributed by atoms with Crippen LogP contribution in [0.3, 0.4) is 0 Å². The van der Waals surface area contributed by atoms with Crippen molar-refractivity contribution < 1.29 is 22.8 Å². The number of nitrogens with two attached hydrogens (primary N) is 1. The van der Waals surface area contributed by atoms with Crippen LogP contribution in [0.4, 0.5) is 18.9 Å². The second-order valence-electron chi connectivity index (χ2n) is 4.56. The number of benzene rings is 2. The summed E-state index contributed by atoms with van der Waals surface area (Å²) in [5, 5.41) is 10.8. The second kappa shape index (κ2) is 6.43. The molecule has 0 fully saturated rings. The van der Waals surface area contributed by atoms with E-state index in [9.17, 15) is 23.3 Å². The van der Waals surface area contributed by atoms with Gasteiger partial charge in [0.05, 0.1) is 11.0 Å². The van der Waals surface area contributed by atoms with Crippen molar-refractivity contribution in [3.63, 3.8) is 0 Å². The summed E-state index contributed by atoms with van der Waals surface area (Å²) in [6, 6.07) is 8.27. The monoisotopic (exact) mass is 346 g/mol. The molecule has 5 nitrogen and oxygen atoms in total. The van der Waals surface area contributed by atoms with Gasteiger partial charge in [0.2, 0.25) is 0 Å². The Kier molecular flexibility index (Phi) is 4.76. The lowest BCUT2D eigenvalue weighted by Crippen LogP contribution is -2.17. The molecule has 0 saturated carbocycles. The summed E-state index contributed by atoms with van der Waals surface area (Å²) >= 11 is 5.72. The number of alkyl halides is 3. The van der Waals surface area contributed by atoms with Gasteiger partial charge in [0.15, 0.2) is 0 Å². The van der Waals surface area contributed by atoms with E-state index in [4.69, 9.17) is 17.3 Å². The SMILES string of the molecule is N[C@H](c1ccc(OC(F)(F)F)cc1)c1ccc(Cl)c([N+](=O)[O-])c1. The van der Waals surface area contributed by atoms with Gasteiger partial charge in [0.25, 0.3) is 5.69 Å². The topological polar surface area (TPSA) is 78.4 Å². The first-order valence-electron chi connectivity index (χ1n) is 6.22. The molecule has 0 bridgehead atoms. The molecule has 0 unspecified atom stereocenters. The third-order valence-electron chi connectivity index (χ3n) is 3.00. The normalized spacial score (nSPS) is 12.7. The molecule has 0 heterocycles. The molecule has 9 heteroatoms. The average Bonchev–Trinajstić information content (AvgIpc) is 2.46. The standard InChI is InChI=1S/C14H10ClF3N2O3/c15-11-6-3-9(7-12(11)20(21)22)13(19)8-1-4-10(5-2-8)23-14(16,17)18/h1-7,13H,19H2/t13-/m1/s1. The molecule has 0 aliphatic rings. The number of nitro groups is 1. The van der Waals surface area contributed by atoms with E-state index in [2.05, 4.69) is 4.74 Å². The summed E-state index contributed by atoms with van der Waals surface area (Å²) < 4.78 is 40.1. The van der Waals surface area contributed by atoms with E-state index in [0.29, 0.717) is 11.1 Å². The van der Waals surface area contributed by atoms with E-state index in [-0.39, 0.29) is 16.5 Å². The molecular weight excluding hydrogens is 337 g/mol. The molecule has 122 valence electrons. The maximum Gasteiger partial charge on any atom is 0.573 e. The fraction of sp³-hybridized carbons (Fsp3) is 0.143. The van der Waals surface area contributed by atoms with E-state index in [0.717, 1.165) is 12.1 Å². The van der Waals surface area contributed by atoms with E-state index < -0.39 is 17.3 Å². The summed E-state index contributed by atoms with van der Waals surface area (Å²) in [6.45, 7) is 0. The Bertz CT molecular complexity index is 720. The number of nitrogens with zero attached hydrogens (tertiary/aromatic N) is 1. The van der Waals surface area contributed by atoms with Crippen LogP contribution in [0.2, 0.25) is 5.02 Å². The van der Waals surface area contributed by atoms with E-state index in [1.54, 1.807) is 0 Å². The fourth-order valence-corrected chi connectivity index (χ4v) is 2.12. The number of hydrogen-bond donors (Lipinski definition) is 1. The summed E-state index contributed by atoms with van der Waals surface area (Å²) in [7, 11) is 0. The number of nitro benzene ring substituents is 1. The maximum absolute atomic E-state index is 12.1. The average molecular weight is 347 g/mol. The van der Waals surface area contributed by atoms with E-state index in [1.165, 1.54) is 30.3 Å². The van der Waals surface area contributed by atoms with Crippen LogP contribution in [0.1, 0.15) is 17.2 Å². The van der Waals surface area contributed by atoms with Crippen LogP contribution < -0.4 is 10.5 Å². The molecule has 0 spiro atoms. The minimum absolute atomic E-state index is 0.0279. The van der Waals surface area contributed by atoms with Crippen molar-refractivity contribution in [2.24, 2.45) is 5.73 Å². The minimum atomic E-state index is -4.78. The van der Waals surface area contributed by atoms with Gasteiger partial charge in [-0.05, 0) is 29.3 Å². The van der Waals surface area contributed by atoms with Gasteiger partial charge in [-0.1, -0.05) is 29.8 Å². The summed E-state index contributed by atoms with van der Waals surface area (Å²) in [4.78, 5) is 10.2. The Balaban J connectivity index is 2.25. The van der Waals surface area contributed by atoms with Gasteiger partial charge in [-0.15, -0.1) is 13.2 Å². The Morgan fingerprint density at radius 2 is 1.70 bits per heavy atom. The molecule has 0 saturated heterocycles. The molecule has 2 aromatic carbocycles. The van der Waals surface area contributed by atoms with Gasteiger partial charge < -0.3 is 10.5 Å². The maximum atomic E-state index is 12.1. The van der Waals surface area contributed by atoms with Gasteiger partial charge in [-0.25, -0.2) is 0 Å². The first-order valence-corrected chi connectivity index (χ1v) is 6.60. The van der Waals surface area contributed by atoms with Gasteiger partial charge >= 0.3 is 6.36 Å². The molecule has 1 atom stereocenters. The van der Waals surface area contributed by atoms with Gasteiger partial charge in [0.1, 0.15) is 10.8 Å². The molecule has 0 amide bonds. The van der Waals surface area contributed by atoms with Crippen molar-refractivity contribution in [3.05, 3.63) is 68.7 Å². The summed E-state index contributed by atoms with van der Waals surface area (Å²) in [5.41, 5.74) is 6.57. The number of halogens is 4. The third kappa shape index (κ3) is 4.33. The largest absolute Gasteiger partial charge is 0.573 e. The highest BCUT2D eigenvalue weighted by atomic mass is 35.5. The molecule has 0 aliphatic heterocycles. The Morgan fingerprint density at radius 1 is 1.13 bits per heavy atom. The first kappa shape index (κ1) is 17.0. The molecular formula is C14H10ClF3N2O3. The molecule has 23 heavy (non-hydrogen) atoms. The molecule has 2 rings (SSSR count). The van der Waals surface area contributed by atoms with Crippen LogP contribution in [0.25, 0.3) is 0 Å². The van der Waals surface area contributed by atoms with Crippen LogP contribution >= 0.6 is 11.6 Å². The predicted octanol–water partition coefficient (Wildman–Crippen LogP) is 4.19. The van der Waals surface area contributed by atoms with Crippen molar-refractivity contribution in [2.75, 3.05) is 0 Å². The van der Waals surface area contributed by atoms with Crippen molar-refractivity contribution in [2.45, 2.75) is 12.4 Å². The molecule has 0 aromatic heterocycles. The summed E-state index contributed by atoms with van der Waals surface area (Å²) in [6.07, 6.45) is -4.78. The zero-order valence-corrected chi connectivity index (χ0v) is 12.1. The van der Waals surface area contributed by atoms with Gasteiger partial charge in [-0.3, -0.25) is 10.1 Å². The highest BCUT2D eigenvalue weighted by molar-refractivity contribution is 6.32. The molecule has 0 radical (unpaired) electrons. The van der Waals surface area contributed by atoms with Crippen molar-refractivity contribution in [1.29, 1.82) is 0 Å². The first-order chi connectivity index (χ1) is 10.7. The Hall–Kier alpha value is -2.32. The Morgan fingerprint density at radius 3 is 2.22 bits per heavy atom. The molecule has 2 aromatic rings. The van der Waals surface area contributed by atoms with Crippen molar-refractivity contribution in [3.8, 4) is 5.75 Å². The minimum Gasteiger partial charge on any atom is -0.406 e. The van der Waals surface area contributed by atoms with E-state index >= 15 is 0 Å². The van der Waals surface area contributed by atoms with Crippen LogP contribution in [0.15, 0.2) is 42.5 Å². The quantitative estimate of drug-likeness (QED) is 0.665. The zero-order chi connectivity index (χ0) is 17.2. The number of hydrogen-bond acceptors (Lipinski definition) is 4. The Labute approximate surface area is 133 Å².